The Hall–Kier alpha value is -2.56. The maximum absolute atomic E-state index is 12.5. The number of ether oxygens (including phenoxy) is 1. The highest BCUT2D eigenvalue weighted by atomic mass is 16.5. The average Bonchev–Trinajstić information content (AvgIpc) is 2.55. The van der Waals surface area contributed by atoms with Gasteiger partial charge in [-0.15, -0.1) is 0 Å². The zero-order valence-corrected chi connectivity index (χ0v) is 13.3. The van der Waals surface area contributed by atoms with Gasteiger partial charge in [-0.2, -0.15) is 0 Å². The lowest BCUT2D eigenvalue weighted by molar-refractivity contribution is 0.102. The van der Waals surface area contributed by atoms with Crippen LogP contribution in [0.25, 0.3) is 0 Å². The summed E-state index contributed by atoms with van der Waals surface area (Å²) in [6, 6.07) is 8.85. The SMILES string of the molecule is COc1ccccc1NC(=O)c1cc2c([nH]c1=O)CCC(C)C2. The molecule has 23 heavy (non-hydrogen) atoms. The molecule has 5 nitrogen and oxygen atoms in total. The number of carbonyl (C=O) groups excluding carboxylic acids is 1. The Kier molecular flexibility index (Phi) is 4.19. The Morgan fingerprint density at radius 2 is 2.13 bits per heavy atom. The summed E-state index contributed by atoms with van der Waals surface area (Å²) in [6.07, 6.45) is 2.82. The van der Waals surface area contributed by atoms with Crippen LogP contribution in [0.2, 0.25) is 0 Å². The highest BCUT2D eigenvalue weighted by Crippen LogP contribution is 2.25. The number of fused-ring (bicyclic) bond motifs is 1. The molecule has 2 aromatic rings. The number of hydrogen-bond donors (Lipinski definition) is 2. The maximum Gasteiger partial charge on any atom is 0.261 e. The van der Waals surface area contributed by atoms with E-state index >= 15 is 0 Å². The molecule has 1 unspecified atom stereocenters. The van der Waals surface area contributed by atoms with Crippen LogP contribution in [0.1, 0.15) is 35.0 Å². The molecule has 120 valence electrons. The predicted molar refractivity (Wildman–Crippen MR) is 89.2 cm³/mol. The number of aromatic nitrogens is 1. The minimum atomic E-state index is -0.420. The van der Waals surface area contributed by atoms with E-state index in [0.717, 1.165) is 30.5 Å². The lowest BCUT2D eigenvalue weighted by atomic mass is 9.87. The number of hydrogen-bond acceptors (Lipinski definition) is 3. The van der Waals surface area contributed by atoms with E-state index in [2.05, 4.69) is 17.2 Å². The van der Waals surface area contributed by atoms with E-state index in [9.17, 15) is 9.59 Å². The van der Waals surface area contributed by atoms with Crippen molar-refractivity contribution in [1.29, 1.82) is 0 Å². The van der Waals surface area contributed by atoms with Gasteiger partial charge in [-0.25, -0.2) is 0 Å². The quantitative estimate of drug-likeness (QED) is 0.915. The molecule has 0 spiro atoms. The molecule has 0 fully saturated rings. The summed E-state index contributed by atoms with van der Waals surface area (Å²) in [7, 11) is 1.54. The van der Waals surface area contributed by atoms with Crippen molar-refractivity contribution in [3.63, 3.8) is 0 Å². The van der Waals surface area contributed by atoms with E-state index in [-0.39, 0.29) is 11.1 Å². The van der Waals surface area contributed by atoms with Gasteiger partial charge in [0.05, 0.1) is 12.8 Å². The molecule has 3 rings (SSSR count). The number of carbonyl (C=O) groups is 1. The minimum absolute atomic E-state index is 0.142. The van der Waals surface area contributed by atoms with Crippen LogP contribution in [0.4, 0.5) is 5.69 Å². The first-order valence-electron chi connectivity index (χ1n) is 7.78. The van der Waals surface area contributed by atoms with Crippen LogP contribution < -0.4 is 15.6 Å². The Balaban J connectivity index is 1.91. The second-order valence-corrected chi connectivity index (χ2v) is 6.02. The van der Waals surface area contributed by atoms with Crippen LogP contribution in [0.15, 0.2) is 35.1 Å². The lowest BCUT2D eigenvalue weighted by Crippen LogP contribution is -2.27. The average molecular weight is 312 g/mol. The summed E-state index contributed by atoms with van der Waals surface area (Å²) < 4.78 is 5.22. The summed E-state index contributed by atoms with van der Waals surface area (Å²) in [4.78, 5) is 27.6. The number of para-hydroxylation sites is 2. The molecular formula is C18H20N2O3. The fourth-order valence-electron chi connectivity index (χ4n) is 2.99. The van der Waals surface area contributed by atoms with Crippen LogP contribution in [0.3, 0.4) is 0 Å². The van der Waals surface area contributed by atoms with Crippen molar-refractivity contribution in [1.82, 2.24) is 4.98 Å². The van der Waals surface area contributed by atoms with Crippen molar-refractivity contribution < 1.29 is 9.53 Å². The van der Waals surface area contributed by atoms with Gasteiger partial charge in [0.2, 0.25) is 0 Å². The van der Waals surface area contributed by atoms with E-state index in [1.54, 1.807) is 24.3 Å². The standard InChI is InChI=1S/C18H20N2O3/c1-11-7-8-14-12(9-11)10-13(17(21)19-14)18(22)20-15-5-3-4-6-16(15)23-2/h3-6,10-11H,7-9H2,1-2H3,(H,19,21)(H,20,22). The van der Waals surface area contributed by atoms with Crippen molar-refractivity contribution in [3.8, 4) is 5.75 Å². The molecule has 0 saturated carbocycles. The number of anilines is 1. The van der Waals surface area contributed by atoms with Gasteiger partial charge in [0, 0.05) is 5.69 Å². The van der Waals surface area contributed by atoms with Gasteiger partial charge in [-0.05, 0) is 48.9 Å². The molecule has 1 aromatic carbocycles. The van der Waals surface area contributed by atoms with Crippen molar-refractivity contribution in [2.45, 2.75) is 26.2 Å². The molecule has 2 N–H and O–H groups in total. The highest BCUT2D eigenvalue weighted by molar-refractivity contribution is 6.04. The van der Waals surface area contributed by atoms with E-state index in [0.29, 0.717) is 17.4 Å². The van der Waals surface area contributed by atoms with Crippen molar-refractivity contribution >= 4 is 11.6 Å². The van der Waals surface area contributed by atoms with E-state index in [4.69, 9.17) is 4.74 Å². The normalized spacial score (nSPS) is 16.5. The Morgan fingerprint density at radius 1 is 1.35 bits per heavy atom. The first-order chi connectivity index (χ1) is 11.1. The number of aryl methyl sites for hydroxylation is 1. The van der Waals surface area contributed by atoms with Crippen LogP contribution in [-0.4, -0.2) is 18.0 Å². The highest BCUT2D eigenvalue weighted by Gasteiger charge is 2.20. The minimum Gasteiger partial charge on any atom is -0.495 e. The topological polar surface area (TPSA) is 71.2 Å². The number of nitrogens with one attached hydrogen (secondary N) is 2. The van der Waals surface area contributed by atoms with Gasteiger partial charge >= 0.3 is 0 Å². The number of rotatable bonds is 3. The van der Waals surface area contributed by atoms with Gasteiger partial charge in [0.15, 0.2) is 0 Å². The molecule has 1 aliphatic carbocycles. The van der Waals surface area contributed by atoms with Gasteiger partial charge in [-0.3, -0.25) is 9.59 Å². The molecule has 0 bridgehead atoms. The maximum atomic E-state index is 12.5. The lowest BCUT2D eigenvalue weighted by Gasteiger charge is -2.21. The Morgan fingerprint density at radius 3 is 2.91 bits per heavy atom. The molecule has 1 atom stereocenters. The van der Waals surface area contributed by atoms with Gasteiger partial charge in [0.1, 0.15) is 11.3 Å². The van der Waals surface area contributed by atoms with Gasteiger partial charge < -0.3 is 15.0 Å². The Labute approximate surface area is 134 Å². The second kappa shape index (κ2) is 6.28. The predicted octanol–water partition coefficient (Wildman–Crippen LogP) is 2.76. The van der Waals surface area contributed by atoms with E-state index < -0.39 is 5.91 Å². The van der Waals surface area contributed by atoms with Gasteiger partial charge in [-0.1, -0.05) is 19.1 Å². The zero-order chi connectivity index (χ0) is 16.4. The molecular weight excluding hydrogens is 292 g/mol. The van der Waals surface area contributed by atoms with Crippen LogP contribution >= 0.6 is 0 Å². The molecule has 0 aliphatic heterocycles. The molecule has 1 aromatic heterocycles. The van der Waals surface area contributed by atoms with Gasteiger partial charge in [0.25, 0.3) is 11.5 Å². The summed E-state index contributed by atoms with van der Waals surface area (Å²) in [5.74, 6) is 0.708. The number of methoxy groups -OCH3 is 1. The molecule has 5 heteroatoms. The zero-order valence-electron chi connectivity index (χ0n) is 13.3. The summed E-state index contributed by atoms with van der Waals surface area (Å²) in [5.41, 5.74) is 2.37. The molecule has 1 amide bonds. The molecule has 0 radical (unpaired) electrons. The first-order valence-corrected chi connectivity index (χ1v) is 7.78. The second-order valence-electron chi connectivity index (χ2n) is 6.02. The molecule has 1 aliphatic rings. The third-order valence-corrected chi connectivity index (χ3v) is 4.27. The number of H-pyrrole nitrogens is 1. The third kappa shape index (κ3) is 3.13. The van der Waals surface area contributed by atoms with Crippen LogP contribution in [0.5, 0.6) is 5.75 Å². The van der Waals surface area contributed by atoms with Crippen molar-refractivity contribution in [2.24, 2.45) is 5.92 Å². The smallest absolute Gasteiger partial charge is 0.261 e. The third-order valence-electron chi connectivity index (χ3n) is 4.27. The van der Waals surface area contributed by atoms with Crippen molar-refractivity contribution in [3.05, 3.63) is 57.5 Å². The number of benzene rings is 1. The van der Waals surface area contributed by atoms with Crippen LogP contribution in [0, 0.1) is 5.92 Å². The largest absolute Gasteiger partial charge is 0.495 e. The number of pyridine rings is 1. The van der Waals surface area contributed by atoms with Crippen LogP contribution in [-0.2, 0) is 12.8 Å². The molecule has 0 saturated heterocycles. The molecule has 1 heterocycles. The Bertz CT molecular complexity index is 795. The van der Waals surface area contributed by atoms with E-state index in [1.807, 2.05) is 6.07 Å². The monoisotopic (exact) mass is 312 g/mol. The fourth-order valence-corrected chi connectivity index (χ4v) is 2.99. The van der Waals surface area contributed by atoms with E-state index in [1.165, 1.54) is 7.11 Å². The summed E-state index contributed by atoms with van der Waals surface area (Å²) >= 11 is 0. The summed E-state index contributed by atoms with van der Waals surface area (Å²) in [6.45, 7) is 2.18. The van der Waals surface area contributed by atoms with Crippen molar-refractivity contribution in [2.75, 3.05) is 12.4 Å². The fraction of sp³-hybridized carbons (Fsp3) is 0.333. The summed E-state index contributed by atoms with van der Waals surface area (Å²) in [5, 5.41) is 2.75. The first kappa shape index (κ1) is 15.3. The number of aromatic amines is 1. The number of amides is 1.